The predicted octanol–water partition coefficient (Wildman–Crippen LogP) is 1.56. The molecule has 0 radical (unpaired) electrons. The number of nitrogens with zero attached hydrogens (tertiary/aromatic N) is 3. The summed E-state index contributed by atoms with van der Waals surface area (Å²) in [7, 11) is 0. The lowest BCUT2D eigenvalue weighted by molar-refractivity contribution is -0.137. The number of carbonyl (C=O) groups excluding carboxylic acids is 1. The van der Waals surface area contributed by atoms with Gasteiger partial charge in [-0.2, -0.15) is 13.2 Å². The maximum Gasteiger partial charge on any atom is 0.417 e. The first kappa shape index (κ1) is 9.63. The van der Waals surface area contributed by atoms with Crippen LogP contribution in [0, 0.1) is 0 Å². The van der Waals surface area contributed by atoms with Gasteiger partial charge in [0.15, 0.2) is 11.9 Å². The number of aromatic nitrogens is 3. The second kappa shape index (κ2) is 3.04. The van der Waals surface area contributed by atoms with Gasteiger partial charge in [-0.3, -0.25) is 9.20 Å². The quantitative estimate of drug-likeness (QED) is 0.678. The van der Waals surface area contributed by atoms with Crippen LogP contribution >= 0.6 is 0 Å². The Bertz CT molecular complexity index is 517. The minimum atomic E-state index is -4.45. The Morgan fingerprint density at radius 2 is 2.00 bits per heavy atom. The molecule has 0 unspecified atom stereocenters. The molecule has 2 heterocycles. The minimum Gasteiger partial charge on any atom is -0.294 e. The van der Waals surface area contributed by atoms with E-state index in [1.165, 1.54) is 0 Å². The molecule has 0 saturated heterocycles. The Hall–Kier alpha value is -1.92. The zero-order valence-electron chi connectivity index (χ0n) is 7.19. The third-order valence-electron chi connectivity index (χ3n) is 1.86. The molecule has 0 bridgehead atoms. The number of pyridine rings is 1. The standard InChI is InChI=1S/C8H4F3N3O/c9-8(10,11)5-1-2-6-12-13-7(4-15)14(6)3-5/h1-4H. The van der Waals surface area contributed by atoms with Crippen molar-refractivity contribution in [2.75, 3.05) is 0 Å². The van der Waals surface area contributed by atoms with E-state index < -0.39 is 11.7 Å². The van der Waals surface area contributed by atoms with Crippen LogP contribution in [0.1, 0.15) is 16.2 Å². The number of halogens is 3. The van der Waals surface area contributed by atoms with Crippen LogP contribution in [-0.2, 0) is 6.18 Å². The average Bonchev–Trinajstić information content (AvgIpc) is 2.57. The van der Waals surface area contributed by atoms with E-state index in [-0.39, 0.29) is 11.5 Å². The summed E-state index contributed by atoms with van der Waals surface area (Å²) >= 11 is 0. The van der Waals surface area contributed by atoms with Crippen LogP contribution < -0.4 is 0 Å². The van der Waals surface area contributed by atoms with Crippen LogP contribution in [0.15, 0.2) is 18.3 Å². The van der Waals surface area contributed by atoms with Crippen molar-refractivity contribution in [2.45, 2.75) is 6.18 Å². The molecule has 0 amide bonds. The van der Waals surface area contributed by atoms with Gasteiger partial charge in [0.25, 0.3) is 0 Å². The Labute approximate surface area is 81.3 Å². The first-order valence-electron chi connectivity index (χ1n) is 3.89. The third kappa shape index (κ3) is 1.56. The molecule has 2 aromatic heterocycles. The van der Waals surface area contributed by atoms with E-state index in [2.05, 4.69) is 10.2 Å². The molecule has 0 aliphatic heterocycles. The summed E-state index contributed by atoms with van der Waals surface area (Å²) in [5.41, 5.74) is -0.650. The fourth-order valence-corrected chi connectivity index (χ4v) is 1.16. The van der Waals surface area contributed by atoms with E-state index in [9.17, 15) is 18.0 Å². The molecule has 0 atom stereocenters. The topological polar surface area (TPSA) is 47.3 Å². The molecule has 2 aromatic rings. The Morgan fingerprint density at radius 1 is 1.27 bits per heavy atom. The van der Waals surface area contributed by atoms with Crippen LogP contribution in [0.4, 0.5) is 13.2 Å². The van der Waals surface area contributed by atoms with Crippen molar-refractivity contribution in [1.82, 2.24) is 14.6 Å². The first-order chi connectivity index (χ1) is 7.02. The van der Waals surface area contributed by atoms with Crippen LogP contribution in [0.2, 0.25) is 0 Å². The van der Waals surface area contributed by atoms with Crippen molar-refractivity contribution in [3.63, 3.8) is 0 Å². The Balaban J connectivity index is 2.68. The molecule has 15 heavy (non-hydrogen) atoms. The van der Waals surface area contributed by atoms with Gasteiger partial charge in [-0.05, 0) is 12.1 Å². The molecular formula is C8H4F3N3O. The van der Waals surface area contributed by atoms with Gasteiger partial charge in [0.1, 0.15) is 0 Å². The Morgan fingerprint density at radius 3 is 2.60 bits per heavy atom. The van der Waals surface area contributed by atoms with Gasteiger partial charge in [0, 0.05) is 6.20 Å². The average molecular weight is 215 g/mol. The fraction of sp³-hybridized carbons (Fsp3) is 0.125. The highest BCUT2D eigenvalue weighted by Gasteiger charge is 2.31. The summed E-state index contributed by atoms with van der Waals surface area (Å²) in [6.45, 7) is 0. The molecule has 0 N–H and O–H groups in total. The lowest BCUT2D eigenvalue weighted by Crippen LogP contribution is -2.06. The van der Waals surface area contributed by atoms with Crippen LogP contribution in [0.3, 0.4) is 0 Å². The second-order valence-electron chi connectivity index (χ2n) is 2.82. The number of rotatable bonds is 1. The van der Waals surface area contributed by atoms with Gasteiger partial charge in [-0.1, -0.05) is 0 Å². The number of hydrogen-bond donors (Lipinski definition) is 0. The number of carbonyl (C=O) groups is 1. The van der Waals surface area contributed by atoms with Crippen molar-refractivity contribution in [3.05, 3.63) is 29.7 Å². The lowest BCUT2D eigenvalue weighted by Gasteiger charge is -2.06. The number of alkyl halides is 3. The largest absolute Gasteiger partial charge is 0.417 e. The smallest absolute Gasteiger partial charge is 0.294 e. The summed E-state index contributed by atoms with van der Waals surface area (Å²) < 4.78 is 37.9. The normalized spacial score (nSPS) is 11.9. The second-order valence-corrected chi connectivity index (χ2v) is 2.82. The lowest BCUT2D eigenvalue weighted by atomic mass is 10.3. The summed E-state index contributed by atoms with van der Waals surface area (Å²) in [5.74, 6) is -0.156. The molecule has 2 rings (SSSR count). The van der Waals surface area contributed by atoms with Crippen molar-refractivity contribution in [2.24, 2.45) is 0 Å². The molecule has 0 aromatic carbocycles. The zero-order chi connectivity index (χ0) is 11.1. The van der Waals surface area contributed by atoms with E-state index in [4.69, 9.17) is 0 Å². The van der Waals surface area contributed by atoms with Crippen LogP contribution in [-0.4, -0.2) is 20.9 Å². The van der Waals surface area contributed by atoms with E-state index in [0.717, 1.165) is 22.7 Å². The van der Waals surface area contributed by atoms with Gasteiger partial charge >= 0.3 is 6.18 Å². The van der Waals surface area contributed by atoms with E-state index in [1.54, 1.807) is 0 Å². The summed E-state index contributed by atoms with van der Waals surface area (Å²) in [4.78, 5) is 10.4. The van der Waals surface area contributed by atoms with E-state index in [1.807, 2.05) is 0 Å². The van der Waals surface area contributed by atoms with Crippen LogP contribution in [0.25, 0.3) is 5.65 Å². The highest BCUT2D eigenvalue weighted by molar-refractivity contribution is 5.70. The van der Waals surface area contributed by atoms with Gasteiger partial charge in [-0.15, -0.1) is 10.2 Å². The monoisotopic (exact) mass is 215 g/mol. The zero-order valence-corrected chi connectivity index (χ0v) is 7.19. The van der Waals surface area contributed by atoms with Gasteiger partial charge in [0.05, 0.1) is 5.56 Å². The van der Waals surface area contributed by atoms with Gasteiger partial charge < -0.3 is 0 Å². The van der Waals surface area contributed by atoms with E-state index in [0.29, 0.717) is 6.29 Å². The number of aldehydes is 1. The van der Waals surface area contributed by atoms with Gasteiger partial charge in [0.2, 0.25) is 5.82 Å². The SMILES string of the molecule is O=Cc1nnc2ccc(C(F)(F)F)cn12. The van der Waals surface area contributed by atoms with Crippen LogP contribution in [0.5, 0.6) is 0 Å². The number of hydrogen-bond acceptors (Lipinski definition) is 3. The molecule has 78 valence electrons. The van der Waals surface area contributed by atoms with Crippen molar-refractivity contribution in [1.29, 1.82) is 0 Å². The minimum absolute atomic E-state index is 0.156. The maximum absolute atomic E-state index is 12.3. The number of fused-ring (bicyclic) bond motifs is 1. The molecule has 0 aliphatic carbocycles. The maximum atomic E-state index is 12.3. The highest BCUT2D eigenvalue weighted by atomic mass is 19.4. The molecule has 0 saturated carbocycles. The first-order valence-corrected chi connectivity index (χ1v) is 3.89. The molecule has 0 spiro atoms. The molecule has 7 heteroatoms. The molecule has 4 nitrogen and oxygen atoms in total. The summed E-state index contributed by atoms with van der Waals surface area (Å²) in [6, 6.07) is 2.04. The summed E-state index contributed by atoms with van der Waals surface area (Å²) in [6.07, 6.45) is -3.31. The van der Waals surface area contributed by atoms with Crippen molar-refractivity contribution >= 4 is 11.9 Å². The molecule has 0 aliphatic rings. The molecule has 0 fully saturated rings. The third-order valence-corrected chi connectivity index (χ3v) is 1.86. The Kier molecular flexibility index (Phi) is 1.95. The summed E-state index contributed by atoms with van der Waals surface area (Å²) in [5, 5.41) is 6.94. The van der Waals surface area contributed by atoms with Crippen molar-refractivity contribution in [3.8, 4) is 0 Å². The van der Waals surface area contributed by atoms with E-state index >= 15 is 0 Å². The molecular weight excluding hydrogens is 211 g/mol. The van der Waals surface area contributed by atoms with Crippen molar-refractivity contribution < 1.29 is 18.0 Å². The highest BCUT2D eigenvalue weighted by Crippen LogP contribution is 2.29. The fourth-order valence-electron chi connectivity index (χ4n) is 1.16. The van der Waals surface area contributed by atoms with Gasteiger partial charge in [-0.25, -0.2) is 0 Å². The predicted molar refractivity (Wildman–Crippen MR) is 43.4 cm³/mol.